The SMILES string of the molecule is COc1cc(CCCc2c(O)cc(O)c(CCC(C)C)c2O)ccc1O. The van der Waals surface area contributed by atoms with Gasteiger partial charge in [-0.25, -0.2) is 0 Å². The van der Waals surface area contributed by atoms with Crippen molar-refractivity contribution in [3.05, 3.63) is 41.0 Å². The molecule has 0 heterocycles. The van der Waals surface area contributed by atoms with Crippen molar-refractivity contribution >= 4 is 0 Å². The summed E-state index contributed by atoms with van der Waals surface area (Å²) in [4.78, 5) is 0. The zero-order chi connectivity index (χ0) is 19.3. The smallest absolute Gasteiger partial charge is 0.160 e. The maximum atomic E-state index is 10.5. The van der Waals surface area contributed by atoms with E-state index in [1.807, 2.05) is 6.07 Å². The second-order valence-corrected chi connectivity index (χ2v) is 7.01. The van der Waals surface area contributed by atoms with Crippen LogP contribution in [0.5, 0.6) is 28.7 Å². The van der Waals surface area contributed by atoms with Gasteiger partial charge in [-0.2, -0.15) is 0 Å². The molecule has 26 heavy (non-hydrogen) atoms. The van der Waals surface area contributed by atoms with Crippen LogP contribution < -0.4 is 4.74 Å². The first-order valence-electron chi connectivity index (χ1n) is 8.95. The normalized spacial score (nSPS) is 11.1. The highest BCUT2D eigenvalue weighted by molar-refractivity contribution is 5.55. The fourth-order valence-electron chi connectivity index (χ4n) is 3.00. The first-order chi connectivity index (χ1) is 12.3. The molecule has 2 rings (SSSR count). The molecule has 0 atom stereocenters. The van der Waals surface area contributed by atoms with E-state index in [4.69, 9.17) is 4.74 Å². The molecule has 0 spiro atoms. The Morgan fingerprint density at radius 1 is 0.846 bits per heavy atom. The molecule has 2 aromatic rings. The summed E-state index contributed by atoms with van der Waals surface area (Å²) in [7, 11) is 1.50. The summed E-state index contributed by atoms with van der Waals surface area (Å²) < 4.78 is 5.11. The zero-order valence-corrected chi connectivity index (χ0v) is 15.6. The Bertz CT molecular complexity index is 753. The standard InChI is InChI=1S/C21H28O5/c1-13(2)7-9-16-19(24)12-18(23)15(21(16)25)6-4-5-14-8-10-17(22)20(11-14)26-3/h8,10-13,22-25H,4-7,9H2,1-3H3. The van der Waals surface area contributed by atoms with Crippen molar-refractivity contribution in [3.63, 3.8) is 0 Å². The van der Waals surface area contributed by atoms with Crippen molar-refractivity contribution in [2.24, 2.45) is 5.92 Å². The Labute approximate surface area is 154 Å². The van der Waals surface area contributed by atoms with Crippen molar-refractivity contribution in [3.8, 4) is 28.7 Å². The van der Waals surface area contributed by atoms with E-state index in [0.717, 1.165) is 12.0 Å². The summed E-state index contributed by atoms with van der Waals surface area (Å²) in [5.41, 5.74) is 1.96. The van der Waals surface area contributed by atoms with Crippen molar-refractivity contribution in [2.45, 2.75) is 46.0 Å². The minimum absolute atomic E-state index is 0.00793. The predicted molar refractivity (Wildman–Crippen MR) is 101 cm³/mol. The topological polar surface area (TPSA) is 90.2 Å². The van der Waals surface area contributed by atoms with Gasteiger partial charge in [0.2, 0.25) is 0 Å². The summed E-state index contributed by atoms with van der Waals surface area (Å²) in [5, 5.41) is 40.3. The number of ether oxygens (including phenoxy) is 1. The molecule has 0 bridgehead atoms. The lowest BCUT2D eigenvalue weighted by Gasteiger charge is -2.15. The van der Waals surface area contributed by atoms with Gasteiger partial charge in [-0.15, -0.1) is 0 Å². The molecule has 0 aliphatic carbocycles. The molecule has 0 amide bonds. The van der Waals surface area contributed by atoms with Gasteiger partial charge >= 0.3 is 0 Å². The number of phenolic OH excluding ortho intramolecular Hbond substituents is 4. The first kappa shape index (κ1) is 19.8. The molecule has 0 aromatic heterocycles. The van der Waals surface area contributed by atoms with E-state index >= 15 is 0 Å². The zero-order valence-electron chi connectivity index (χ0n) is 15.6. The second kappa shape index (κ2) is 8.70. The molecular weight excluding hydrogens is 332 g/mol. The minimum Gasteiger partial charge on any atom is -0.507 e. The molecule has 5 nitrogen and oxygen atoms in total. The number of benzene rings is 2. The maximum Gasteiger partial charge on any atom is 0.160 e. The van der Waals surface area contributed by atoms with Crippen molar-refractivity contribution in [1.82, 2.24) is 0 Å². The van der Waals surface area contributed by atoms with Crippen molar-refractivity contribution < 1.29 is 25.2 Å². The molecular formula is C21H28O5. The van der Waals surface area contributed by atoms with E-state index in [-0.39, 0.29) is 23.0 Å². The summed E-state index contributed by atoms with van der Waals surface area (Å²) in [5.74, 6) is 0.819. The summed E-state index contributed by atoms with van der Waals surface area (Å²) in [6.07, 6.45) is 3.30. The lowest BCUT2D eigenvalue weighted by Crippen LogP contribution is -1.98. The van der Waals surface area contributed by atoms with Gasteiger partial charge in [0, 0.05) is 17.2 Å². The van der Waals surface area contributed by atoms with Gasteiger partial charge in [-0.05, 0) is 55.7 Å². The highest BCUT2D eigenvalue weighted by Crippen LogP contribution is 2.39. The third kappa shape index (κ3) is 4.75. The summed E-state index contributed by atoms with van der Waals surface area (Å²) in [6, 6.07) is 6.50. The van der Waals surface area contributed by atoms with Gasteiger partial charge < -0.3 is 25.2 Å². The molecule has 2 aromatic carbocycles. The minimum atomic E-state index is -0.0865. The van der Waals surface area contributed by atoms with Crippen molar-refractivity contribution in [2.75, 3.05) is 7.11 Å². The van der Waals surface area contributed by atoms with E-state index < -0.39 is 0 Å². The van der Waals surface area contributed by atoms with Gasteiger partial charge in [-0.3, -0.25) is 0 Å². The van der Waals surface area contributed by atoms with Gasteiger partial charge in [0.25, 0.3) is 0 Å². The predicted octanol–water partition coefficient (Wildman–Crippen LogP) is 4.28. The number of phenols is 4. The second-order valence-electron chi connectivity index (χ2n) is 7.01. The van der Waals surface area contributed by atoms with Gasteiger partial charge in [0.05, 0.1) is 7.11 Å². The number of hydrogen-bond donors (Lipinski definition) is 4. The third-order valence-corrected chi connectivity index (χ3v) is 4.57. The van der Waals surface area contributed by atoms with E-state index in [0.29, 0.717) is 48.5 Å². The molecule has 0 radical (unpaired) electrons. The highest BCUT2D eigenvalue weighted by atomic mass is 16.5. The molecule has 0 saturated carbocycles. The van der Waals surface area contributed by atoms with Gasteiger partial charge in [-0.1, -0.05) is 19.9 Å². The number of aromatic hydroxyl groups is 4. The lowest BCUT2D eigenvalue weighted by atomic mass is 9.95. The monoisotopic (exact) mass is 360 g/mol. The van der Waals surface area contributed by atoms with Crippen LogP contribution in [0.3, 0.4) is 0 Å². The van der Waals surface area contributed by atoms with Crippen LogP contribution in [-0.2, 0) is 19.3 Å². The maximum absolute atomic E-state index is 10.5. The highest BCUT2D eigenvalue weighted by Gasteiger charge is 2.17. The quantitative estimate of drug-likeness (QED) is 0.564. The number of methoxy groups -OCH3 is 1. The van der Waals surface area contributed by atoms with Crippen LogP contribution in [0.4, 0.5) is 0 Å². The molecule has 0 aliphatic heterocycles. The number of hydrogen-bond acceptors (Lipinski definition) is 5. The van der Waals surface area contributed by atoms with E-state index in [1.54, 1.807) is 12.1 Å². The van der Waals surface area contributed by atoms with E-state index in [9.17, 15) is 20.4 Å². The van der Waals surface area contributed by atoms with Crippen LogP contribution in [0, 0.1) is 5.92 Å². The largest absolute Gasteiger partial charge is 0.507 e. The average Bonchev–Trinajstić information content (AvgIpc) is 2.58. The van der Waals surface area contributed by atoms with Crippen LogP contribution in [0.1, 0.15) is 43.4 Å². The van der Waals surface area contributed by atoms with Crippen LogP contribution in [0.25, 0.3) is 0 Å². The lowest BCUT2D eigenvalue weighted by molar-refractivity contribution is 0.373. The molecule has 4 N–H and O–H groups in total. The summed E-state index contributed by atoms with van der Waals surface area (Å²) >= 11 is 0. The molecule has 142 valence electrons. The summed E-state index contributed by atoms with van der Waals surface area (Å²) in [6.45, 7) is 4.17. The van der Waals surface area contributed by atoms with E-state index in [2.05, 4.69) is 13.8 Å². The van der Waals surface area contributed by atoms with Crippen LogP contribution >= 0.6 is 0 Å². The van der Waals surface area contributed by atoms with Crippen LogP contribution in [0.2, 0.25) is 0 Å². The Morgan fingerprint density at radius 3 is 2.12 bits per heavy atom. The fourth-order valence-corrected chi connectivity index (χ4v) is 3.00. The number of rotatable bonds is 8. The first-order valence-corrected chi connectivity index (χ1v) is 8.95. The van der Waals surface area contributed by atoms with Crippen molar-refractivity contribution in [1.29, 1.82) is 0 Å². The molecule has 5 heteroatoms. The number of aryl methyl sites for hydroxylation is 1. The Balaban J connectivity index is 2.10. The van der Waals surface area contributed by atoms with Gasteiger partial charge in [0.15, 0.2) is 11.5 Å². The van der Waals surface area contributed by atoms with Gasteiger partial charge in [0.1, 0.15) is 17.2 Å². The third-order valence-electron chi connectivity index (χ3n) is 4.57. The van der Waals surface area contributed by atoms with Crippen LogP contribution in [0.15, 0.2) is 24.3 Å². The Hall–Kier alpha value is -2.56. The Kier molecular flexibility index (Phi) is 6.61. The molecule has 0 aliphatic rings. The molecule has 0 unspecified atom stereocenters. The van der Waals surface area contributed by atoms with Crippen LogP contribution in [-0.4, -0.2) is 27.5 Å². The molecule has 0 saturated heterocycles. The Morgan fingerprint density at radius 2 is 1.50 bits per heavy atom. The average molecular weight is 360 g/mol. The fraction of sp³-hybridized carbons (Fsp3) is 0.429. The molecule has 0 fully saturated rings. The van der Waals surface area contributed by atoms with E-state index in [1.165, 1.54) is 13.2 Å².